The molecule has 0 unspecified atom stereocenters. The molecule has 0 aromatic heterocycles. The fourth-order valence-corrected chi connectivity index (χ4v) is 5.35. The van der Waals surface area contributed by atoms with Gasteiger partial charge in [-0.25, -0.2) is 16.8 Å². The van der Waals surface area contributed by atoms with Gasteiger partial charge in [-0.3, -0.25) is 0 Å². The Labute approximate surface area is 303 Å². The zero-order chi connectivity index (χ0) is 30.0. The Hall–Kier alpha value is -1.96. The van der Waals surface area contributed by atoms with Crippen molar-refractivity contribution in [2.75, 3.05) is 24.7 Å². The molecule has 0 aliphatic heterocycles. The van der Waals surface area contributed by atoms with Crippen LogP contribution in [-0.2, 0) is 20.2 Å². The topological polar surface area (TPSA) is 133 Å². The van der Waals surface area contributed by atoms with Crippen molar-refractivity contribution in [2.45, 2.75) is 12.8 Å². The first-order valence-electron chi connectivity index (χ1n) is 13.3. The van der Waals surface area contributed by atoms with Gasteiger partial charge in [0.05, 0.1) is 33.5 Å². The molecule has 0 aliphatic carbocycles. The van der Waals surface area contributed by atoms with Gasteiger partial charge in [-0.1, -0.05) is 84.9 Å². The number of benzene rings is 4. The molecule has 0 fully saturated rings. The minimum Gasteiger partial charge on any atom is -0.748 e. The first-order valence-corrected chi connectivity index (χ1v) is 16.4. The van der Waals surface area contributed by atoms with Crippen LogP contribution in [0.15, 0.2) is 109 Å². The van der Waals surface area contributed by atoms with Gasteiger partial charge < -0.3 is 18.6 Å². The molecule has 0 atom stereocenters. The molecule has 44 heavy (non-hydrogen) atoms. The summed E-state index contributed by atoms with van der Waals surface area (Å²) in [4.78, 5) is 0. The van der Waals surface area contributed by atoms with E-state index in [4.69, 9.17) is 9.47 Å². The zero-order valence-electron chi connectivity index (χ0n) is 24.7. The van der Waals surface area contributed by atoms with Gasteiger partial charge in [-0.15, -0.1) is 0 Å². The van der Waals surface area contributed by atoms with Crippen LogP contribution in [0, 0.1) is 0 Å². The largest absolute Gasteiger partial charge is 1.00 e. The van der Waals surface area contributed by atoms with E-state index in [-0.39, 0.29) is 85.2 Å². The molecule has 4 aromatic rings. The first kappa shape index (κ1) is 38.2. The number of hydrogen-bond acceptors (Lipinski definition) is 8. The maximum atomic E-state index is 10.9. The summed E-state index contributed by atoms with van der Waals surface area (Å²) in [6, 6.07) is 34.9. The Morgan fingerprint density at radius 1 is 0.477 bits per heavy atom. The van der Waals surface area contributed by atoms with E-state index in [0.717, 1.165) is 33.4 Å². The summed E-state index contributed by atoms with van der Waals surface area (Å²) in [5, 5.41) is 0. The molecule has 0 bridgehead atoms. The third-order valence-corrected chi connectivity index (χ3v) is 7.85. The minimum atomic E-state index is -4.28. The Bertz CT molecular complexity index is 1570. The van der Waals surface area contributed by atoms with E-state index in [1.54, 1.807) is 0 Å². The predicted molar refractivity (Wildman–Crippen MR) is 160 cm³/mol. The van der Waals surface area contributed by atoms with Crippen molar-refractivity contribution in [2.24, 2.45) is 0 Å². The molecule has 4 aromatic carbocycles. The minimum absolute atomic E-state index is 0. The van der Waals surface area contributed by atoms with Crippen molar-refractivity contribution in [1.82, 2.24) is 0 Å². The third kappa shape index (κ3) is 12.4. The van der Waals surface area contributed by atoms with E-state index in [1.807, 2.05) is 109 Å². The summed E-state index contributed by atoms with van der Waals surface area (Å²) in [7, 11) is -8.56. The zero-order valence-corrected chi connectivity index (χ0v) is 30.4. The summed E-state index contributed by atoms with van der Waals surface area (Å²) >= 11 is 0. The van der Waals surface area contributed by atoms with Crippen LogP contribution in [0.4, 0.5) is 0 Å². The van der Waals surface area contributed by atoms with E-state index < -0.39 is 31.7 Å². The van der Waals surface area contributed by atoms with Crippen molar-refractivity contribution in [1.29, 1.82) is 0 Å². The van der Waals surface area contributed by atoms with Gasteiger partial charge in [0.15, 0.2) is 0 Å². The second kappa shape index (κ2) is 18.3. The van der Waals surface area contributed by atoms with E-state index >= 15 is 0 Å². The molecule has 0 saturated carbocycles. The van der Waals surface area contributed by atoms with E-state index in [9.17, 15) is 25.9 Å². The number of rotatable bonds is 14. The maximum Gasteiger partial charge on any atom is 1.00 e. The number of hydrogen-bond donors (Lipinski definition) is 0. The third-order valence-electron chi connectivity index (χ3n) is 6.28. The smallest absolute Gasteiger partial charge is 0.748 e. The van der Waals surface area contributed by atoms with Crippen LogP contribution in [0.2, 0.25) is 0 Å². The average molecular weight is 653 g/mol. The molecule has 0 N–H and O–H groups in total. The van der Waals surface area contributed by atoms with Gasteiger partial charge in [0.25, 0.3) is 0 Å². The van der Waals surface area contributed by atoms with Crippen molar-refractivity contribution in [3.05, 3.63) is 131 Å². The Morgan fingerprint density at radius 2 is 0.773 bits per heavy atom. The summed E-state index contributed by atoms with van der Waals surface area (Å²) < 4.78 is 76.4. The molecular weight excluding hydrogens is 622 g/mol. The molecule has 8 nitrogen and oxygen atoms in total. The van der Waals surface area contributed by atoms with Crippen LogP contribution in [0.25, 0.3) is 11.1 Å². The van der Waals surface area contributed by atoms with Crippen LogP contribution < -0.4 is 68.6 Å². The van der Waals surface area contributed by atoms with Gasteiger partial charge in [-0.05, 0) is 70.5 Å². The summed E-state index contributed by atoms with van der Waals surface area (Å²) in [6.07, 6.45) is 0.219. The number of ether oxygens (including phenoxy) is 2. The normalized spacial score (nSPS) is 11.9. The van der Waals surface area contributed by atoms with Crippen molar-refractivity contribution < 1.29 is 94.5 Å². The summed E-state index contributed by atoms with van der Waals surface area (Å²) in [5.74, 6) is 0.167. The van der Waals surface area contributed by atoms with Crippen LogP contribution >= 0.6 is 0 Å². The maximum absolute atomic E-state index is 10.9. The summed E-state index contributed by atoms with van der Waals surface area (Å²) in [6.45, 7) is 0.219. The Kier molecular flexibility index (Phi) is 15.9. The standard InChI is InChI=1S/C32H32O8S2.2Na/c33-41(34,35)23-7-21-39-29-17-13-27(14-18-29)31(25-9-3-1-4-10-25)32(26-11-5-2-6-12-26)28-15-19-30(20-16-28)40-22-8-24-42(36,37)38;;/h1-6,9-20H,7-8,21-24H2,(H,33,34,35)(H,36,37,38);;/q;2*+1/p-2/b32-31+;;. The second-order valence-corrected chi connectivity index (χ2v) is 12.5. The first-order chi connectivity index (χ1) is 20.1. The Morgan fingerprint density at radius 3 is 1.07 bits per heavy atom. The quantitative estimate of drug-likeness (QED) is 0.0759. The van der Waals surface area contributed by atoms with E-state index in [2.05, 4.69) is 0 Å². The van der Waals surface area contributed by atoms with Crippen molar-refractivity contribution in [3.8, 4) is 11.5 Å². The monoisotopic (exact) mass is 652 g/mol. The predicted octanol–water partition coefficient (Wildman–Crippen LogP) is -0.670. The molecular formula is C32H30Na2O8S2. The second-order valence-electron chi connectivity index (χ2n) is 9.46. The van der Waals surface area contributed by atoms with Gasteiger partial charge in [0.1, 0.15) is 11.5 Å². The van der Waals surface area contributed by atoms with E-state index in [0.29, 0.717) is 11.5 Å². The van der Waals surface area contributed by atoms with Crippen LogP contribution in [-0.4, -0.2) is 50.7 Å². The van der Waals surface area contributed by atoms with Gasteiger partial charge >= 0.3 is 59.1 Å². The SMILES string of the molecule is O=S(=O)([O-])CCCOc1ccc(/C(=C(\c2ccccc2)c2ccc(OCCCS(=O)(=O)[O-])cc2)c2ccccc2)cc1.[Na+].[Na+]. The fourth-order valence-electron chi connectivity index (χ4n) is 4.41. The van der Waals surface area contributed by atoms with E-state index in [1.165, 1.54) is 0 Å². The van der Waals surface area contributed by atoms with Crippen molar-refractivity contribution in [3.63, 3.8) is 0 Å². The molecule has 4 rings (SSSR count). The van der Waals surface area contributed by atoms with Gasteiger partial charge in [-0.2, -0.15) is 0 Å². The molecule has 0 amide bonds. The van der Waals surface area contributed by atoms with Crippen molar-refractivity contribution >= 4 is 31.4 Å². The average Bonchev–Trinajstić information content (AvgIpc) is 2.97. The molecule has 0 saturated heterocycles. The molecule has 0 heterocycles. The molecule has 0 radical (unpaired) electrons. The Balaban J connectivity index is 0.00000337. The molecule has 0 aliphatic rings. The summed E-state index contributed by atoms with van der Waals surface area (Å²) in [5.41, 5.74) is 5.78. The molecule has 220 valence electrons. The van der Waals surface area contributed by atoms with Crippen LogP contribution in [0.1, 0.15) is 35.1 Å². The van der Waals surface area contributed by atoms with Gasteiger partial charge in [0.2, 0.25) is 0 Å². The van der Waals surface area contributed by atoms with Crippen LogP contribution in [0.5, 0.6) is 11.5 Å². The van der Waals surface area contributed by atoms with Gasteiger partial charge in [0, 0.05) is 11.5 Å². The molecule has 12 heteroatoms. The van der Waals surface area contributed by atoms with Crippen LogP contribution in [0.3, 0.4) is 0 Å². The fraction of sp³-hybridized carbons (Fsp3) is 0.188. The molecule has 0 spiro atoms.